The molecule has 1 heterocycles. The van der Waals surface area contributed by atoms with Crippen molar-refractivity contribution in [2.75, 3.05) is 5.32 Å². The summed E-state index contributed by atoms with van der Waals surface area (Å²) in [6.07, 6.45) is 0. The van der Waals surface area contributed by atoms with Crippen molar-refractivity contribution < 1.29 is 4.79 Å². The maximum Gasteiger partial charge on any atom is 0.273 e. The van der Waals surface area contributed by atoms with Crippen LogP contribution in [0.2, 0.25) is 0 Å². The molecule has 0 fully saturated rings. The summed E-state index contributed by atoms with van der Waals surface area (Å²) in [6.45, 7) is 6.52. The Kier molecular flexibility index (Phi) is 4.04. The Morgan fingerprint density at radius 1 is 1.37 bits per heavy atom. The number of hydrogen-bond acceptors (Lipinski definition) is 2. The summed E-state index contributed by atoms with van der Waals surface area (Å²) in [5.41, 5.74) is 3.32. The number of benzene rings is 1. The SMILES string of the molecule is CCn1nc(C)cc1C(=O)Nc1ccc(C)c(Br)c1. The Balaban J connectivity index is 2.22. The molecule has 1 aromatic heterocycles. The second-order valence-electron chi connectivity index (χ2n) is 4.40. The molecule has 0 aliphatic rings. The fraction of sp³-hybridized carbons (Fsp3) is 0.286. The molecule has 2 rings (SSSR count). The van der Waals surface area contributed by atoms with Crippen molar-refractivity contribution in [2.45, 2.75) is 27.3 Å². The summed E-state index contributed by atoms with van der Waals surface area (Å²) in [6, 6.07) is 7.54. The number of amides is 1. The fourth-order valence-corrected chi connectivity index (χ4v) is 2.21. The smallest absolute Gasteiger partial charge is 0.273 e. The average molecular weight is 322 g/mol. The molecule has 1 N–H and O–H groups in total. The van der Waals surface area contributed by atoms with Crippen LogP contribution in [0.5, 0.6) is 0 Å². The average Bonchev–Trinajstić information content (AvgIpc) is 2.75. The van der Waals surface area contributed by atoms with Crippen LogP contribution in [0, 0.1) is 13.8 Å². The van der Waals surface area contributed by atoms with Gasteiger partial charge in [0.05, 0.1) is 5.69 Å². The molecule has 19 heavy (non-hydrogen) atoms. The molecule has 0 saturated heterocycles. The number of carbonyl (C=O) groups is 1. The third kappa shape index (κ3) is 3.04. The van der Waals surface area contributed by atoms with E-state index in [0.29, 0.717) is 12.2 Å². The van der Waals surface area contributed by atoms with Crippen LogP contribution in [0.4, 0.5) is 5.69 Å². The van der Waals surface area contributed by atoms with Crippen LogP contribution < -0.4 is 5.32 Å². The highest BCUT2D eigenvalue weighted by atomic mass is 79.9. The Morgan fingerprint density at radius 2 is 2.11 bits per heavy atom. The summed E-state index contributed by atoms with van der Waals surface area (Å²) in [5.74, 6) is -0.141. The lowest BCUT2D eigenvalue weighted by Gasteiger charge is -2.08. The topological polar surface area (TPSA) is 46.9 Å². The summed E-state index contributed by atoms with van der Waals surface area (Å²) in [5, 5.41) is 7.15. The van der Waals surface area contributed by atoms with Crippen molar-refractivity contribution in [3.63, 3.8) is 0 Å². The number of aromatic nitrogens is 2. The molecule has 0 spiro atoms. The van der Waals surface area contributed by atoms with E-state index >= 15 is 0 Å². The zero-order chi connectivity index (χ0) is 14.0. The van der Waals surface area contributed by atoms with Crippen molar-refractivity contribution in [3.8, 4) is 0 Å². The minimum absolute atomic E-state index is 0.141. The van der Waals surface area contributed by atoms with Gasteiger partial charge in [0, 0.05) is 16.7 Å². The second-order valence-corrected chi connectivity index (χ2v) is 5.26. The van der Waals surface area contributed by atoms with Gasteiger partial charge in [0.25, 0.3) is 5.91 Å². The van der Waals surface area contributed by atoms with E-state index in [2.05, 4.69) is 26.3 Å². The number of anilines is 1. The number of aryl methyl sites for hydroxylation is 3. The van der Waals surface area contributed by atoms with Crippen LogP contribution in [-0.4, -0.2) is 15.7 Å². The van der Waals surface area contributed by atoms with Crippen LogP contribution >= 0.6 is 15.9 Å². The molecule has 0 aliphatic carbocycles. The molecule has 0 aliphatic heterocycles. The Bertz CT molecular complexity index is 619. The monoisotopic (exact) mass is 321 g/mol. The summed E-state index contributed by atoms with van der Waals surface area (Å²) < 4.78 is 2.68. The van der Waals surface area contributed by atoms with E-state index in [0.717, 1.165) is 21.4 Å². The van der Waals surface area contributed by atoms with E-state index < -0.39 is 0 Å². The van der Waals surface area contributed by atoms with Crippen LogP contribution in [0.15, 0.2) is 28.7 Å². The number of hydrogen-bond donors (Lipinski definition) is 1. The molecule has 0 saturated carbocycles. The lowest BCUT2D eigenvalue weighted by atomic mass is 10.2. The molecular formula is C14H16BrN3O. The first-order valence-corrected chi connectivity index (χ1v) is 6.92. The van der Waals surface area contributed by atoms with Crippen molar-refractivity contribution in [3.05, 3.63) is 45.7 Å². The van der Waals surface area contributed by atoms with E-state index in [4.69, 9.17) is 0 Å². The number of rotatable bonds is 3. The molecule has 1 aromatic carbocycles. The molecule has 2 aromatic rings. The number of nitrogens with one attached hydrogen (secondary N) is 1. The van der Waals surface area contributed by atoms with Gasteiger partial charge in [-0.2, -0.15) is 5.10 Å². The van der Waals surface area contributed by atoms with E-state index in [1.165, 1.54) is 0 Å². The molecule has 4 nitrogen and oxygen atoms in total. The van der Waals surface area contributed by atoms with Gasteiger partial charge in [0.2, 0.25) is 0 Å². The minimum Gasteiger partial charge on any atom is -0.321 e. The molecule has 0 atom stereocenters. The highest BCUT2D eigenvalue weighted by Crippen LogP contribution is 2.21. The largest absolute Gasteiger partial charge is 0.321 e. The highest BCUT2D eigenvalue weighted by Gasteiger charge is 2.13. The van der Waals surface area contributed by atoms with E-state index in [1.807, 2.05) is 39.0 Å². The van der Waals surface area contributed by atoms with Crippen molar-refractivity contribution in [1.29, 1.82) is 0 Å². The van der Waals surface area contributed by atoms with Crippen LogP contribution in [0.1, 0.15) is 28.7 Å². The first-order chi connectivity index (χ1) is 9.01. The van der Waals surface area contributed by atoms with Gasteiger partial charge in [0.1, 0.15) is 5.69 Å². The van der Waals surface area contributed by atoms with Crippen molar-refractivity contribution in [2.24, 2.45) is 0 Å². The molecule has 0 radical (unpaired) electrons. The maximum absolute atomic E-state index is 12.2. The number of carbonyl (C=O) groups excluding carboxylic acids is 1. The first-order valence-electron chi connectivity index (χ1n) is 6.13. The molecule has 1 amide bonds. The highest BCUT2D eigenvalue weighted by molar-refractivity contribution is 9.10. The Hall–Kier alpha value is -1.62. The fourth-order valence-electron chi connectivity index (χ4n) is 1.84. The van der Waals surface area contributed by atoms with Gasteiger partial charge in [-0.25, -0.2) is 0 Å². The predicted octanol–water partition coefficient (Wildman–Crippen LogP) is 3.53. The normalized spacial score (nSPS) is 10.5. The number of halogens is 1. The summed E-state index contributed by atoms with van der Waals surface area (Å²) in [4.78, 5) is 12.2. The van der Waals surface area contributed by atoms with Gasteiger partial charge in [-0.3, -0.25) is 9.48 Å². The molecular weight excluding hydrogens is 306 g/mol. The lowest BCUT2D eigenvalue weighted by Crippen LogP contribution is -2.17. The van der Waals surface area contributed by atoms with Crippen molar-refractivity contribution >= 4 is 27.5 Å². The van der Waals surface area contributed by atoms with Gasteiger partial charge in [0.15, 0.2) is 0 Å². The van der Waals surface area contributed by atoms with Crippen molar-refractivity contribution in [1.82, 2.24) is 9.78 Å². The summed E-state index contributed by atoms with van der Waals surface area (Å²) in [7, 11) is 0. The van der Waals surface area contributed by atoms with Gasteiger partial charge >= 0.3 is 0 Å². The third-order valence-corrected chi connectivity index (χ3v) is 3.72. The zero-order valence-electron chi connectivity index (χ0n) is 11.2. The maximum atomic E-state index is 12.2. The van der Waals surface area contributed by atoms with Crippen LogP contribution in [-0.2, 0) is 6.54 Å². The number of nitrogens with zero attached hydrogens (tertiary/aromatic N) is 2. The Morgan fingerprint density at radius 3 is 2.74 bits per heavy atom. The van der Waals surface area contributed by atoms with Gasteiger partial charge in [-0.15, -0.1) is 0 Å². The van der Waals surface area contributed by atoms with E-state index in [9.17, 15) is 4.79 Å². The van der Waals surface area contributed by atoms with Crippen LogP contribution in [0.3, 0.4) is 0 Å². The van der Waals surface area contributed by atoms with E-state index in [1.54, 1.807) is 10.7 Å². The minimum atomic E-state index is -0.141. The standard InChI is InChI=1S/C14H16BrN3O/c1-4-18-13(7-10(3)17-18)14(19)16-11-6-5-9(2)12(15)8-11/h5-8H,4H2,1-3H3,(H,16,19). The Labute approximate surface area is 120 Å². The third-order valence-electron chi connectivity index (χ3n) is 2.86. The predicted molar refractivity (Wildman–Crippen MR) is 79.5 cm³/mol. The van der Waals surface area contributed by atoms with Gasteiger partial charge in [-0.05, 0) is 44.5 Å². The van der Waals surface area contributed by atoms with Crippen LogP contribution in [0.25, 0.3) is 0 Å². The summed E-state index contributed by atoms with van der Waals surface area (Å²) >= 11 is 3.46. The molecule has 0 bridgehead atoms. The quantitative estimate of drug-likeness (QED) is 0.939. The first kappa shape index (κ1) is 13.8. The second kappa shape index (κ2) is 5.57. The van der Waals surface area contributed by atoms with E-state index in [-0.39, 0.29) is 5.91 Å². The molecule has 0 unspecified atom stereocenters. The lowest BCUT2D eigenvalue weighted by molar-refractivity contribution is 0.101. The molecule has 100 valence electrons. The zero-order valence-corrected chi connectivity index (χ0v) is 12.8. The van der Waals surface area contributed by atoms with Gasteiger partial charge < -0.3 is 5.32 Å². The molecule has 5 heteroatoms. The van der Waals surface area contributed by atoms with Gasteiger partial charge in [-0.1, -0.05) is 22.0 Å².